The second-order valence-electron chi connectivity index (χ2n) is 10.4. The van der Waals surface area contributed by atoms with Crippen LogP contribution in [0.5, 0.6) is 0 Å². The molecule has 0 bridgehead atoms. The van der Waals surface area contributed by atoms with Gasteiger partial charge < -0.3 is 11.1 Å². The smallest absolute Gasteiger partial charge is 0.257 e. The van der Waals surface area contributed by atoms with Crippen LogP contribution in [0.4, 0.5) is 5.00 Å². The number of primary amides is 1. The molecule has 1 atom stereocenters. The maximum absolute atomic E-state index is 13.7. The summed E-state index contributed by atoms with van der Waals surface area (Å²) in [7, 11) is 0. The van der Waals surface area contributed by atoms with E-state index in [0.29, 0.717) is 38.3 Å². The molecule has 1 aliphatic rings. The molecule has 37 heavy (non-hydrogen) atoms. The Morgan fingerprint density at radius 1 is 1.16 bits per heavy atom. The summed E-state index contributed by atoms with van der Waals surface area (Å²) in [6, 6.07) is 16.7. The molecule has 1 aliphatic carbocycles. The van der Waals surface area contributed by atoms with Crippen molar-refractivity contribution in [2.75, 3.05) is 5.32 Å². The summed E-state index contributed by atoms with van der Waals surface area (Å²) in [4.78, 5) is 32.2. The molecule has 3 N–H and O–H groups in total. The monoisotopic (exact) mass is 531 g/mol. The highest BCUT2D eigenvalue weighted by molar-refractivity contribution is 7.17. The number of halogens is 1. The molecule has 4 aromatic rings. The van der Waals surface area contributed by atoms with E-state index in [1.807, 2.05) is 36.4 Å². The van der Waals surface area contributed by atoms with Crippen LogP contribution >= 0.6 is 22.9 Å². The number of hydrogen-bond acceptors (Lipinski definition) is 4. The summed E-state index contributed by atoms with van der Waals surface area (Å²) in [5.74, 6) is -0.262. The summed E-state index contributed by atoms with van der Waals surface area (Å²) >= 11 is 7.56. The zero-order valence-electron chi connectivity index (χ0n) is 21.2. The van der Waals surface area contributed by atoms with Crippen LogP contribution < -0.4 is 11.1 Å². The second-order valence-corrected chi connectivity index (χ2v) is 11.9. The van der Waals surface area contributed by atoms with Crippen LogP contribution in [0, 0.1) is 11.3 Å². The van der Waals surface area contributed by atoms with Crippen LogP contribution in [-0.4, -0.2) is 16.8 Å². The van der Waals surface area contributed by atoms with Gasteiger partial charge in [0.25, 0.3) is 11.8 Å². The third-order valence-electron chi connectivity index (χ3n) is 7.86. The third-order valence-corrected chi connectivity index (χ3v) is 9.28. The largest absolute Gasteiger partial charge is 0.365 e. The highest BCUT2D eigenvalue weighted by Crippen LogP contribution is 2.45. The highest BCUT2D eigenvalue weighted by atomic mass is 35.5. The maximum atomic E-state index is 13.7. The van der Waals surface area contributed by atoms with Crippen molar-refractivity contribution >= 4 is 50.7 Å². The molecule has 0 spiro atoms. The van der Waals surface area contributed by atoms with E-state index in [0.717, 1.165) is 47.1 Å². The van der Waals surface area contributed by atoms with E-state index >= 15 is 0 Å². The number of anilines is 1. The van der Waals surface area contributed by atoms with Crippen molar-refractivity contribution in [3.63, 3.8) is 0 Å². The number of para-hydroxylation sites is 1. The summed E-state index contributed by atoms with van der Waals surface area (Å²) in [6.07, 6.45) is 3.80. The van der Waals surface area contributed by atoms with E-state index in [9.17, 15) is 9.59 Å². The Balaban J connectivity index is 1.53. The Morgan fingerprint density at radius 2 is 1.89 bits per heavy atom. The van der Waals surface area contributed by atoms with Crippen LogP contribution in [0.15, 0.2) is 54.6 Å². The Kier molecular flexibility index (Phi) is 6.82. The van der Waals surface area contributed by atoms with Crippen molar-refractivity contribution < 1.29 is 9.59 Å². The second kappa shape index (κ2) is 9.92. The number of carbonyl (C=O) groups is 2. The minimum atomic E-state index is -0.498. The molecule has 2 heterocycles. The minimum Gasteiger partial charge on any atom is -0.365 e. The minimum absolute atomic E-state index is 0.214. The zero-order valence-corrected chi connectivity index (χ0v) is 22.8. The summed E-state index contributed by atoms with van der Waals surface area (Å²) in [5.41, 5.74) is 10.2. The number of fused-ring (bicyclic) bond motifs is 2. The zero-order chi connectivity index (χ0) is 26.3. The van der Waals surface area contributed by atoms with E-state index in [1.54, 1.807) is 18.2 Å². The molecular weight excluding hydrogens is 502 g/mol. The first-order valence-electron chi connectivity index (χ1n) is 12.6. The van der Waals surface area contributed by atoms with E-state index in [-0.39, 0.29) is 11.3 Å². The third kappa shape index (κ3) is 4.88. The molecule has 1 unspecified atom stereocenters. The molecule has 2 amide bonds. The molecule has 5 nitrogen and oxygen atoms in total. The number of nitrogens with two attached hydrogens (primary N) is 1. The first kappa shape index (κ1) is 25.4. The molecule has 0 saturated heterocycles. The van der Waals surface area contributed by atoms with Gasteiger partial charge in [-0.1, -0.05) is 69.1 Å². The van der Waals surface area contributed by atoms with Gasteiger partial charge in [0.15, 0.2) is 0 Å². The average molecular weight is 532 g/mol. The van der Waals surface area contributed by atoms with Gasteiger partial charge in [-0.2, -0.15) is 0 Å². The summed E-state index contributed by atoms with van der Waals surface area (Å²) in [6.45, 7) is 6.84. The summed E-state index contributed by atoms with van der Waals surface area (Å²) in [5, 5.41) is 4.95. The molecule has 190 valence electrons. The normalized spacial score (nSPS) is 15.4. The fourth-order valence-corrected chi connectivity index (χ4v) is 6.65. The number of pyridine rings is 1. The van der Waals surface area contributed by atoms with E-state index in [2.05, 4.69) is 26.1 Å². The van der Waals surface area contributed by atoms with Gasteiger partial charge in [-0.3, -0.25) is 9.59 Å². The van der Waals surface area contributed by atoms with Crippen LogP contribution in [0.25, 0.3) is 22.2 Å². The molecule has 2 aromatic carbocycles. The molecule has 0 fully saturated rings. The van der Waals surface area contributed by atoms with Crippen molar-refractivity contribution in [1.29, 1.82) is 0 Å². The van der Waals surface area contributed by atoms with Crippen molar-refractivity contribution in [3.05, 3.63) is 81.2 Å². The molecule has 0 radical (unpaired) electrons. The van der Waals surface area contributed by atoms with Crippen LogP contribution in [0.1, 0.15) is 64.8 Å². The SMILES string of the molecule is CCC(C)(C)C1CCc2c(sc(NC(=O)c3cc(-c4ccc(Cl)cc4)nc4ccccc34)c2C(N)=O)C1. The number of carbonyl (C=O) groups excluding carboxylic acids is 2. The number of nitrogens with zero attached hydrogens (tertiary/aromatic N) is 1. The lowest BCUT2D eigenvalue weighted by atomic mass is 9.69. The van der Waals surface area contributed by atoms with Gasteiger partial charge in [0.1, 0.15) is 5.00 Å². The summed E-state index contributed by atoms with van der Waals surface area (Å²) < 4.78 is 0. The van der Waals surface area contributed by atoms with Gasteiger partial charge >= 0.3 is 0 Å². The maximum Gasteiger partial charge on any atom is 0.257 e. The standard InChI is InChI=1S/C30H30ClN3O2S/c1-4-30(2,3)18-11-14-21-25(15-18)37-29(26(21)27(32)35)34-28(36)22-16-24(17-9-12-19(31)13-10-17)33-23-8-6-5-7-20(22)23/h5-10,12-13,16,18H,4,11,14-15H2,1-3H3,(H2,32,35)(H,34,36). The fraction of sp³-hybridized carbons (Fsp3) is 0.300. The highest BCUT2D eigenvalue weighted by Gasteiger charge is 2.35. The first-order chi connectivity index (χ1) is 17.7. The molecule has 5 rings (SSSR count). The number of thiophene rings is 1. The van der Waals surface area contributed by atoms with Gasteiger partial charge in [-0.25, -0.2) is 4.98 Å². The van der Waals surface area contributed by atoms with Gasteiger partial charge in [0.2, 0.25) is 0 Å². The Bertz CT molecular complexity index is 1510. The quantitative estimate of drug-likeness (QED) is 0.270. The van der Waals surface area contributed by atoms with Crippen molar-refractivity contribution in [2.24, 2.45) is 17.1 Å². The number of benzene rings is 2. The molecular formula is C30H30ClN3O2S. The Labute approximate surface area is 226 Å². The molecule has 0 aliphatic heterocycles. The predicted octanol–water partition coefficient (Wildman–Crippen LogP) is 7.51. The lowest BCUT2D eigenvalue weighted by molar-refractivity contribution is 0.0999. The number of amides is 2. The lowest BCUT2D eigenvalue weighted by Crippen LogP contribution is -2.29. The Hall–Kier alpha value is -3.22. The number of hydrogen-bond donors (Lipinski definition) is 2. The Morgan fingerprint density at radius 3 is 2.59 bits per heavy atom. The molecule has 0 saturated carbocycles. The van der Waals surface area contributed by atoms with Gasteiger partial charge in [0, 0.05) is 20.8 Å². The number of aromatic nitrogens is 1. The molecule has 7 heteroatoms. The first-order valence-corrected chi connectivity index (χ1v) is 13.8. The average Bonchev–Trinajstić information content (AvgIpc) is 3.25. The lowest BCUT2D eigenvalue weighted by Gasteiger charge is -2.36. The van der Waals surface area contributed by atoms with Crippen molar-refractivity contribution in [1.82, 2.24) is 4.98 Å². The van der Waals surface area contributed by atoms with E-state index in [1.165, 1.54) is 11.3 Å². The van der Waals surface area contributed by atoms with E-state index in [4.69, 9.17) is 22.3 Å². The predicted molar refractivity (Wildman–Crippen MR) is 153 cm³/mol. The van der Waals surface area contributed by atoms with Crippen LogP contribution in [0.3, 0.4) is 0 Å². The van der Waals surface area contributed by atoms with Gasteiger partial charge in [-0.15, -0.1) is 11.3 Å². The molecule has 2 aromatic heterocycles. The number of rotatable bonds is 6. The topological polar surface area (TPSA) is 85.1 Å². The van der Waals surface area contributed by atoms with Gasteiger partial charge in [0.05, 0.1) is 22.3 Å². The van der Waals surface area contributed by atoms with Gasteiger partial charge in [-0.05, 0) is 60.4 Å². The number of nitrogens with one attached hydrogen (secondary N) is 1. The van der Waals surface area contributed by atoms with Crippen molar-refractivity contribution in [2.45, 2.75) is 46.5 Å². The van der Waals surface area contributed by atoms with Crippen LogP contribution in [-0.2, 0) is 12.8 Å². The fourth-order valence-electron chi connectivity index (χ4n) is 5.19. The van der Waals surface area contributed by atoms with Crippen molar-refractivity contribution in [3.8, 4) is 11.3 Å². The van der Waals surface area contributed by atoms with Crippen LogP contribution in [0.2, 0.25) is 5.02 Å². The van der Waals surface area contributed by atoms with E-state index < -0.39 is 5.91 Å².